The van der Waals surface area contributed by atoms with E-state index in [9.17, 15) is 0 Å². The molecule has 0 spiro atoms. The third-order valence-electron chi connectivity index (χ3n) is 3.91. The second kappa shape index (κ2) is 5.09. The van der Waals surface area contributed by atoms with Crippen molar-refractivity contribution in [3.05, 3.63) is 41.9 Å². The van der Waals surface area contributed by atoms with E-state index in [4.69, 9.17) is 5.73 Å². The summed E-state index contributed by atoms with van der Waals surface area (Å²) in [5.74, 6) is 1.13. The minimum absolute atomic E-state index is 0.131. The van der Waals surface area contributed by atoms with E-state index in [1.165, 1.54) is 11.9 Å². The fourth-order valence-electron chi connectivity index (χ4n) is 2.62. The van der Waals surface area contributed by atoms with E-state index in [1.807, 2.05) is 0 Å². The maximum absolute atomic E-state index is 6.32. The lowest BCUT2D eigenvalue weighted by atomic mass is 9.86. The molecule has 0 aliphatic rings. The number of anilines is 1. The number of nitrogens with two attached hydrogens (primary N) is 1. The van der Waals surface area contributed by atoms with Gasteiger partial charge in [-0.15, -0.1) is 0 Å². The van der Waals surface area contributed by atoms with Gasteiger partial charge in [-0.3, -0.25) is 0 Å². The van der Waals surface area contributed by atoms with Gasteiger partial charge in [-0.05, 0) is 23.0 Å². The topological polar surface area (TPSA) is 69.1 Å². The van der Waals surface area contributed by atoms with Gasteiger partial charge >= 0.3 is 0 Å². The molecule has 2 N–H and O–H groups in total. The molecular weight excluding hydrogens is 274 g/mol. The molecule has 5 heteroatoms. The van der Waals surface area contributed by atoms with Crippen molar-refractivity contribution in [1.29, 1.82) is 0 Å². The third kappa shape index (κ3) is 2.32. The Morgan fingerprint density at radius 3 is 2.41 bits per heavy atom. The van der Waals surface area contributed by atoms with Crippen LogP contribution in [0, 0.1) is 0 Å². The van der Waals surface area contributed by atoms with E-state index in [2.05, 4.69) is 67.0 Å². The summed E-state index contributed by atoms with van der Waals surface area (Å²) < 4.78 is 1.59. The monoisotopic (exact) mass is 295 g/mol. The molecule has 2 heterocycles. The van der Waals surface area contributed by atoms with Gasteiger partial charge < -0.3 is 5.73 Å². The summed E-state index contributed by atoms with van der Waals surface area (Å²) in [7, 11) is 0. The summed E-state index contributed by atoms with van der Waals surface area (Å²) in [6.07, 6.45) is 2.27. The minimum Gasteiger partial charge on any atom is -0.383 e. The van der Waals surface area contributed by atoms with Crippen LogP contribution in [-0.2, 0) is 11.8 Å². The van der Waals surface area contributed by atoms with Crippen LogP contribution in [0.15, 0.2) is 30.6 Å². The Morgan fingerprint density at radius 2 is 1.82 bits per heavy atom. The number of aromatic nitrogens is 4. The van der Waals surface area contributed by atoms with Gasteiger partial charge in [0.1, 0.15) is 12.1 Å². The van der Waals surface area contributed by atoms with Crippen LogP contribution in [0.5, 0.6) is 0 Å². The zero-order chi connectivity index (χ0) is 15.9. The SMILES string of the molecule is CCc1nc2ncnn2c(N)c1-c1ccc(C(C)(C)C)cc1. The van der Waals surface area contributed by atoms with E-state index < -0.39 is 0 Å². The Morgan fingerprint density at radius 1 is 1.14 bits per heavy atom. The van der Waals surface area contributed by atoms with Crippen molar-refractivity contribution in [2.75, 3.05) is 5.73 Å². The zero-order valence-electron chi connectivity index (χ0n) is 13.5. The molecule has 0 saturated heterocycles. The molecule has 0 radical (unpaired) electrons. The van der Waals surface area contributed by atoms with Crippen LogP contribution in [0.25, 0.3) is 16.9 Å². The number of benzene rings is 1. The Bertz CT molecular complexity index is 809. The van der Waals surface area contributed by atoms with Gasteiger partial charge in [0.25, 0.3) is 5.78 Å². The van der Waals surface area contributed by atoms with Crippen LogP contribution >= 0.6 is 0 Å². The molecular formula is C17H21N5. The number of aryl methyl sites for hydroxylation is 1. The lowest BCUT2D eigenvalue weighted by Crippen LogP contribution is -2.11. The van der Waals surface area contributed by atoms with Crippen molar-refractivity contribution in [3.8, 4) is 11.1 Å². The van der Waals surface area contributed by atoms with Crippen LogP contribution in [0.2, 0.25) is 0 Å². The molecule has 0 atom stereocenters. The molecule has 0 amide bonds. The Balaban J connectivity index is 2.18. The summed E-state index contributed by atoms with van der Waals surface area (Å²) in [5.41, 5.74) is 10.7. The van der Waals surface area contributed by atoms with Gasteiger partial charge in [0.15, 0.2) is 0 Å². The molecule has 114 valence electrons. The van der Waals surface area contributed by atoms with Crippen LogP contribution in [-0.4, -0.2) is 19.6 Å². The minimum atomic E-state index is 0.131. The normalized spacial score (nSPS) is 12.0. The lowest BCUT2D eigenvalue weighted by Gasteiger charge is -2.19. The van der Waals surface area contributed by atoms with Crippen molar-refractivity contribution in [2.24, 2.45) is 0 Å². The highest BCUT2D eigenvalue weighted by Gasteiger charge is 2.17. The Labute approximate surface area is 130 Å². The number of nitrogens with zero attached hydrogens (tertiary/aromatic N) is 4. The smallest absolute Gasteiger partial charge is 0.254 e. The average Bonchev–Trinajstić information content (AvgIpc) is 2.95. The van der Waals surface area contributed by atoms with E-state index in [-0.39, 0.29) is 5.41 Å². The van der Waals surface area contributed by atoms with E-state index in [1.54, 1.807) is 4.52 Å². The van der Waals surface area contributed by atoms with Gasteiger partial charge in [0, 0.05) is 5.56 Å². The highest BCUT2D eigenvalue weighted by Crippen LogP contribution is 2.31. The summed E-state index contributed by atoms with van der Waals surface area (Å²) >= 11 is 0. The first-order valence-corrected chi connectivity index (χ1v) is 7.51. The van der Waals surface area contributed by atoms with Crippen molar-refractivity contribution in [1.82, 2.24) is 19.6 Å². The predicted molar refractivity (Wildman–Crippen MR) is 88.7 cm³/mol. The largest absolute Gasteiger partial charge is 0.383 e. The first-order valence-electron chi connectivity index (χ1n) is 7.51. The molecule has 0 unspecified atom stereocenters. The van der Waals surface area contributed by atoms with E-state index in [0.29, 0.717) is 11.6 Å². The molecule has 3 rings (SSSR count). The second-order valence-corrected chi connectivity index (χ2v) is 6.47. The zero-order valence-corrected chi connectivity index (χ0v) is 13.5. The molecule has 0 aliphatic carbocycles. The van der Waals surface area contributed by atoms with E-state index >= 15 is 0 Å². The van der Waals surface area contributed by atoms with Gasteiger partial charge in [0.2, 0.25) is 0 Å². The van der Waals surface area contributed by atoms with Crippen molar-refractivity contribution in [3.63, 3.8) is 0 Å². The predicted octanol–water partition coefficient (Wildman–Crippen LogP) is 3.23. The van der Waals surface area contributed by atoms with Gasteiger partial charge in [-0.2, -0.15) is 14.6 Å². The number of hydrogen-bond donors (Lipinski definition) is 1. The van der Waals surface area contributed by atoms with Gasteiger partial charge in [-0.1, -0.05) is 52.0 Å². The molecule has 5 nitrogen and oxygen atoms in total. The molecule has 0 saturated carbocycles. The molecule has 1 aromatic carbocycles. The van der Waals surface area contributed by atoms with Crippen LogP contribution in [0.4, 0.5) is 5.82 Å². The van der Waals surface area contributed by atoms with Crippen LogP contribution in [0.3, 0.4) is 0 Å². The molecule has 0 bridgehead atoms. The fraction of sp³-hybridized carbons (Fsp3) is 0.353. The average molecular weight is 295 g/mol. The molecule has 2 aromatic heterocycles. The summed E-state index contributed by atoms with van der Waals surface area (Å²) in [4.78, 5) is 8.70. The van der Waals surface area contributed by atoms with Crippen molar-refractivity contribution < 1.29 is 0 Å². The fourth-order valence-corrected chi connectivity index (χ4v) is 2.62. The Hall–Kier alpha value is -2.43. The molecule has 3 aromatic rings. The summed E-state index contributed by atoms with van der Waals surface area (Å²) in [6.45, 7) is 8.69. The van der Waals surface area contributed by atoms with Crippen LogP contribution < -0.4 is 5.73 Å². The van der Waals surface area contributed by atoms with Crippen molar-refractivity contribution >= 4 is 11.6 Å². The number of fused-ring (bicyclic) bond motifs is 1. The highest BCUT2D eigenvalue weighted by molar-refractivity contribution is 5.77. The highest BCUT2D eigenvalue weighted by atomic mass is 15.3. The first kappa shape index (κ1) is 14.5. The summed E-state index contributed by atoms with van der Waals surface area (Å²) in [6, 6.07) is 8.52. The quantitative estimate of drug-likeness (QED) is 0.788. The lowest BCUT2D eigenvalue weighted by molar-refractivity contribution is 0.590. The molecule has 22 heavy (non-hydrogen) atoms. The van der Waals surface area contributed by atoms with Gasteiger partial charge in [-0.25, -0.2) is 4.98 Å². The molecule has 0 aliphatic heterocycles. The van der Waals surface area contributed by atoms with Crippen molar-refractivity contribution in [2.45, 2.75) is 39.5 Å². The number of rotatable bonds is 2. The maximum atomic E-state index is 6.32. The number of nitrogen functional groups attached to an aromatic ring is 1. The summed E-state index contributed by atoms with van der Waals surface area (Å²) in [5, 5.41) is 4.15. The third-order valence-corrected chi connectivity index (χ3v) is 3.91. The second-order valence-electron chi connectivity index (χ2n) is 6.47. The standard InChI is InChI=1S/C17H21N5/c1-5-13-14(15(18)22-16(21-13)19-10-20-22)11-6-8-12(9-7-11)17(2,3)4/h6-10H,5,18H2,1-4H3. The Kier molecular flexibility index (Phi) is 3.35. The number of hydrogen-bond acceptors (Lipinski definition) is 4. The van der Waals surface area contributed by atoms with E-state index in [0.717, 1.165) is 23.2 Å². The first-order chi connectivity index (χ1) is 10.4. The molecule has 0 fully saturated rings. The maximum Gasteiger partial charge on any atom is 0.254 e. The van der Waals surface area contributed by atoms with Crippen LogP contribution in [0.1, 0.15) is 39.0 Å². The van der Waals surface area contributed by atoms with Gasteiger partial charge in [0.05, 0.1) is 5.69 Å².